The molecule has 0 aliphatic carbocycles. The summed E-state index contributed by atoms with van der Waals surface area (Å²) in [6, 6.07) is 7.19. The van der Waals surface area contributed by atoms with Gasteiger partial charge in [-0.15, -0.1) is 0 Å². The largest absolute Gasteiger partial charge is 0.324 e. The average molecular weight is 355 g/mol. The van der Waals surface area contributed by atoms with Crippen molar-refractivity contribution in [3.63, 3.8) is 0 Å². The number of rotatable bonds is 1. The zero-order valence-corrected chi connectivity index (χ0v) is 15.8. The van der Waals surface area contributed by atoms with Crippen molar-refractivity contribution < 1.29 is 14.4 Å². The smallest absolute Gasteiger partial charge is 0.250 e. The number of carbonyl (C=O) groups excluding carboxylic acids is 3. The Morgan fingerprint density at radius 1 is 1.08 bits per heavy atom. The van der Waals surface area contributed by atoms with Crippen LogP contribution in [0.1, 0.15) is 40.2 Å². The van der Waals surface area contributed by atoms with E-state index in [1.165, 1.54) is 4.90 Å². The predicted octanol–water partition coefficient (Wildman–Crippen LogP) is 1.86. The quantitative estimate of drug-likeness (QED) is 0.754. The number of imide groups is 1. The zero-order valence-electron chi connectivity index (χ0n) is 15.8. The first kappa shape index (κ1) is 17.2. The van der Waals surface area contributed by atoms with Gasteiger partial charge >= 0.3 is 0 Å². The molecule has 6 nitrogen and oxygen atoms in total. The summed E-state index contributed by atoms with van der Waals surface area (Å²) in [7, 11) is 0. The first-order valence-corrected chi connectivity index (χ1v) is 9.17. The SMILES string of the molecule is CC(C)[C@@H]1N[C@@]2(C(=O)Nc3ccccc32)[C@@H]2C(=O)N(C(C)(C)C)C(=O)[C@@H]21. The summed E-state index contributed by atoms with van der Waals surface area (Å²) in [5.41, 5.74) is -0.318. The van der Waals surface area contributed by atoms with Crippen molar-refractivity contribution in [1.82, 2.24) is 10.2 Å². The van der Waals surface area contributed by atoms with Gasteiger partial charge in [0.25, 0.3) is 0 Å². The van der Waals surface area contributed by atoms with Crippen LogP contribution in [-0.2, 0) is 19.9 Å². The monoisotopic (exact) mass is 355 g/mol. The molecule has 3 amide bonds. The van der Waals surface area contributed by atoms with Crippen LogP contribution in [0.15, 0.2) is 24.3 Å². The molecule has 6 heteroatoms. The second kappa shape index (κ2) is 5.16. The van der Waals surface area contributed by atoms with Crippen molar-refractivity contribution in [2.45, 2.75) is 51.7 Å². The maximum absolute atomic E-state index is 13.4. The minimum absolute atomic E-state index is 0.110. The number of likely N-dealkylation sites (tertiary alicyclic amines) is 1. The number of fused-ring (bicyclic) bond motifs is 4. The van der Waals surface area contributed by atoms with Crippen LogP contribution in [0.2, 0.25) is 0 Å². The van der Waals surface area contributed by atoms with E-state index in [1.807, 2.05) is 58.9 Å². The highest BCUT2D eigenvalue weighted by atomic mass is 16.2. The van der Waals surface area contributed by atoms with Gasteiger partial charge < -0.3 is 5.32 Å². The van der Waals surface area contributed by atoms with E-state index < -0.39 is 22.9 Å². The van der Waals surface area contributed by atoms with Crippen LogP contribution in [0.5, 0.6) is 0 Å². The second-order valence-corrected chi connectivity index (χ2v) is 8.91. The highest BCUT2D eigenvalue weighted by molar-refractivity contribution is 6.15. The number of hydrogen-bond acceptors (Lipinski definition) is 4. The molecule has 1 spiro atoms. The van der Waals surface area contributed by atoms with E-state index in [1.54, 1.807) is 0 Å². The van der Waals surface area contributed by atoms with E-state index in [0.717, 1.165) is 5.56 Å². The molecule has 3 aliphatic rings. The molecule has 0 aromatic heterocycles. The molecule has 0 unspecified atom stereocenters. The fourth-order valence-electron chi connectivity index (χ4n) is 4.92. The molecule has 1 aromatic rings. The molecule has 2 fully saturated rings. The van der Waals surface area contributed by atoms with E-state index in [0.29, 0.717) is 5.69 Å². The lowest BCUT2D eigenvalue weighted by atomic mass is 9.76. The predicted molar refractivity (Wildman–Crippen MR) is 97.1 cm³/mol. The molecule has 26 heavy (non-hydrogen) atoms. The lowest BCUT2D eigenvalue weighted by Gasteiger charge is -2.35. The summed E-state index contributed by atoms with van der Waals surface area (Å²) in [6.07, 6.45) is 0. The number of carbonyl (C=O) groups is 3. The molecule has 3 aliphatic heterocycles. The van der Waals surface area contributed by atoms with Crippen molar-refractivity contribution in [3.8, 4) is 0 Å². The average Bonchev–Trinajstić information content (AvgIpc) is 3.12. The third-order valence-corrected chi connectivity index (χ3v) is 5.95. The number of benzene rings is 1. The molecule has 4 atom stereocenters. The van der Waals surface area contributed by atoms with Gasteiger partial charge in [-0.2, -0.15) is 0 Å². The molecular weight excluding hydrogens is 330 g/mol. The summed E-state index contributed by atoms with van der Waals surface area (Å²) in [5, 5.41) is 6.33. The molecule has 0 radical (unpaired) electrons. The van der Waals surface area contributed by atoms with E-state index in [-0.39, 0.29) is 29.7 Å². The van der Waals surface area contributed by atoms with E-state index >= 15 is 0 Å². The summed E-state index contributed by atoms with van der Waals surface area (Å²) in [6.45, 7) is 9.61. The van der Waals surface area contributed by atoms with Gasteiger partial charge in [0.05, 0.1) is 11.8 Å². The van der Waals surface area contributed by atoms with Crippen molar-refractivity contribution in [2.24, 2.45) is 17.8 Å². The fourth-order valence-corrected chi connectivity index (χ4v) is 4.92. The molecule has 2 N–H and O–H groups in total. The molecule has 4 rings (SSSR count). The number of nitrogens with zero attached hydrogens (tertiary/aromatic N) is 1. The van der Waals surface area contributed by atoms with Crippen LogP contribution in [0.3, 0.4) is 0 Å². The van der Waals surface area contributed by atoms with Gasteiger partial charge in [0.2, 0.25) is 17.7 Å². The number of anilines is 1. The Balaban J connectivity index is 1.93. The highest BCUT2D eigenvalue weighted by Gasteiger charge is 2.71. The Hall–Kier alpha value is -2.21. The Labute approximate surface area is 153 Å². The topological polar surface area (TPSA) is 78.5 Å². The van der Waals surface area contributed by atoms with Gasteiger partial charge in [0, 0.05) is 22.8 Å². The molecule has 1 aromatic carbocycles. The highest BCUT2D eigenvalue weighted by Crippen LogP contribution is 2.54. The molecule has 2 saturated heterocycles. The number of para-hydroxylation sites is 1. The van der Waals surface area contributed by atoms with E-state index in [9.17, 15) is 14.4 Å². The van der Waals surface area contributed by atoms with Gasteiger partial charge in [-0.3, -0.25) is 24.6 Å². The molecular formula is C20H25N3O3. The van der Waals surface area contributed by atoms with E-state index in [2.05, 4.69) is 10.6 Å². The molecule has 0 bridgehead atoms. The first-order chi connectivity index (χ1) is 12.1. The van der Waals surface area contributed by atoms with Crippen LogP contribution >= 0.6 is 0 Å². The van der Waals surface area contributed by atoms with Crippen LogP contribution < -0.4 is 10.6 Å². The summed E-state index contributed by atoms with van der Waals surface area (Å²) < 4.78 is 0. The lowest BCUT2D eigenvalue weighted by Crippen LogP contribution is -2.56. The summed E-state index contributed by atoms with van der Waals surface area (Å²) in [5.74, 6) is -1.81. The molecule has 3 heterocycles. The molecule has 0 saturated carbocycles. The Morgan fingerprint density at radius 3 is 2.35 bits per heavy atom. The van der Waals surface area contributed by atoms with Gasteiger partial charge in [-0.05, 0) is 32.8 Å². The minimum Gasteiger partial charge on any atom is -0.324 e. The van der Waals surface area contributed by atoms with Crippen LogP contribution in [0, 0.1) is 17.8 Å². The van der Waals surface area contributed by atoms with Crippen molar-refractivity contribution >= 4 is 23.4 Å². The van der Waals surface area contributed by atoms with Gasteiger partial charge in [0.1, 0.15) is 5.54 Å². The maximum Gasteiger partial charge on any atom is 0.250 e. The second-order valence-electron chi connectivity index (χ2n) is 8.91. The number of nitrogens with one attached hydrogen (secondary N) is 2. The van der Waals surface area contributed by atoms with Crippen molar-refractivity contribution in [1.29, 1.82) is 0 Å². The normalized spacial score (nSPS) is 33.2. The third-order valence-electron chi connectivity index (χ3n) is 5.95. The third kappa shape index (κ3) is 1.93. The van der Waals surface area contributed by atoms with Crippen LogP contribution in [-0.4, -0.2) is 34.2 Å². The standard InChI is InChI=1S/C20H25N3O3/c1-10(2)15-13-14(17(25)23(16(13)24)19(3,4)5)20(22-15)11-8-6-7-9-12(11)21-18(20)26/h6-10,13-15,22H,1-5H3,(H,21,26)/t13-,14-,15-,20+/m0/s1. The van der Waals surface area contributed by atoms with Crippen LogP contribution in [0.4, 0.5) is 5.69 Å². The Kier molecular flexibility index (Phi) is 3.42. The fraction of sp³-hybridized carbons (Fsp3) is 0.550. The van der Waals surface area contributed by atoms with Crippen molar-refractivity contribution in [3.05, 3.63) is 29.8 Å². The first-order valence-electron chi connectivity index (χ1n) is 9.17. The van der Waals surface area contributed by atoms with Gasteiger partial charge in [-0.25, -0.2) is 0 Å². The summed E-state index contributed by atoms with van der Waals surface area (Å²) >= 11 is 0. The zero-order chi connectivity index (χ0) is 19.0. The summed E-state index contributed by atoms with van der Waals surface area (Å²) in [4.78, 5) is 41.2. The van der Waals surface area contributed by atoms with Crippen LogP contribution in [0.25, 0.3) is 0 Å². The number of hydrogen-bond donors (Lipinski definition) is 2. The lowest BCUT2D eigenvalue weighted by molar-refractivity contribution is -0.148. The van der Waals surface area contributed by atoms with Crippen molar-refractivity contribution in [2.75, 3.05) is 5.32 Å². The Morgan fingerprint density at radius 2 is 1.73 bits per heavy atom. The van der Waals surface area contributed by atoms with Gasteiger partial charge in [0.15, 0.2) is 0 Å². The van der Waals surface area contributed by atoms with Gasteiger partial charge in [-0.1, -0.05) is 32.0 Å². The minimum atomic E-state index is -1.18. The van der Waals surface area contributed by atoms with E-state index in [4.69, 9.17) is 0 Å². The Bertz CT molecular complexity index is 826. The number of amides is 3. The maximum atomic E-state index is 13.4. The molecule has 138 valence electrons.